The minimum atomic E-state index is -0.783. The number of amides is 3. The number of hydrogen-bond acceptors (Lipinski definition) is 5. The van der Waals surface area contributed by atoms with E-state index in [-0.39, 0.29) is 48.7 Å². The van der Waals surface area contributed by atoms with Crippen LogP contribution in [0.25, 0.3) is 0 Å². The Hall–Kier alpha value is -2.85. The molecule has 3 aliphatic rings. The van der Waals surface area contributed by atoms with E-state index in [0.717, 1.165) is 12.8 Å². The molecule has 10 nitrogen and oxygen atoms in total. The molecule has 0 atom stereocenters. The van der Waals surface area contributed by atoms with Gasteiger partial charge in [-0.25, -0.2) is 4.79 Å². The lowest BCUT2D eigenvalue weighted by Crippen LogP contribution is -2.55. The van der Waals surface area contributed by atoms with Gasteiger partial charge in [0, 0.05) is 37.8 Å². The summed E-state index contributed by atoms with van der Waals surface area (Å²) in [4.78, 5) is 43.5. The molecule has 204 valence electrons. The van der Waals surface area contributed by atoms with Crippen LogP contribution in [0, 0.1) is 11.3 Å². The number of nitrogens with zero attached hydrogens (tertiary/aromatic N) is 3. The Morgan fingerprint density at radius 1 is 0.946 bits per heavy atom. The van der Waals surface area contributed by atoms with Crippen molar-refractivity contribution < 1.29 is 24.2 Å². The zero-order valence-corrected chi connectivity index (χ0v) is 22.0. The van der Waals surface area contributed by atoms with Gasteiger partial charge in [0.1, 0.15) is 12.4 Å². The standard InChI is InChI=1S/C26H37N5O5.ClH/c27-24(28)20-3-1-18(2-4-20)19-9-11-30(12-10-19)26(35)31(17-23(32)29-13-15-36-16-14-29)22-7-5-21(6-8-22)25(33)34;/h1-4,19,21-22H,5-17H2,(H3,27,28)(H,33,34);1H/t21-,22-;. The Kier molecular flexibility index (Phi) is 10.2. The molecule has 0 radical (unpaired) electrons. The molecule has 2 saturated heterocycles. The first-order chi connectivity index (χ1) is 17.3. The summed E-state index contributed by atoms with van der Waals surface area (Å²) < 4.78 is 5.36. The van der Waals surface area contributed by atoms with Crippen LogP contribution in [-0.2, 0) is 14.3 Å². The van der Waals surface area contributed by atoms with E-state index in [0.29, 0.717) is 76.6 Å². The lowest BCUT2D eigenvalue weighted by atomic mass is 9.85. The number of likely N-dealkylation sites (tertiary alicyclic amines) is 1. The van der Waals surface area contributed by atoms with Crippen LogP contribution >= 0.6 is 12.4 Å². The fraction of sp³-hybridized carbons (Fsp3) is 0.615. The number of rotatable bonds is 6. The number of nitrogens with two attached hydrogens (primary N) is 1. The van der Waals surface area contributed by atoms with E-state index in [1.54, 1.807) is 9.80 Å². The number of carboxylic acid groups (broad SMARTS) is 1. The minimum Gasteiger partial charge on any atom is -0.481 e. The molecule has 2 heterocycles. The molecule has 11 heteroatoms. The summed E-state index contributed by atoms with van der Waals surface area (Å²) in [5.41, 5.74) is 7.44. The molecule has 0 aromatic heterocycles. The van der Waals surface area contributed by atoms with Crippen LogP contribution in [-0.4, -0.2) is 95.5 Å². The topological polar surface area (TPSA) is 140 Å². The fourth-order valence-electron chi connectivity index (χ4n) is 5.57. The Morgan fingerprint density at radius 2 is 1.54 bits per heavy atom. The zero-order valence-electron chi connectivity index (χ0n) is 21.1. The van der Waals surface area contributed by atoms with E-state index in [4.69, 9.17) is 15.9 Å². The summed E-state index contributed by atoms with van der Waals surface area (Å²) in [6.07, 6.45) is 3.88. The SMILES string of the molecule is Cl.N=C(N)c1ccc(C2CCN(C(=O)N(CC(=O)N3CCOCC3)[C@H]3CC[C@H](C(=O)O)CC3)CC2)cc1. The van der Waals surface area contributed by atoms with Crippen LogP contribution < -0.4 is 5.73 Å². The van der Waals surface area contributed by atoms with Crippen LogP contribution in [0.2, 0.25) is 0 Å². The van der Waals surface area contributed by atoms with E-state index >= 15 is 0 Å². The lowest BCUT2D eigenvalue weighted by molar-refractivity contribution is -0.143. The van der Waals surface area contributed by atoms with Gasteiger partial charge in [-0.1, -0.05) is 24.3 Å². The number of carbonyl (C=O) groups is 3. The van der Waals surface area contributed by atoms with Crippen LogP contribution in [0.5, 0.6) is 0 Å². The highest BCUT2D eigenvalue weighted by Crippen LogP contribution is 2.31. The summed E-state index contributed by atoms with van der Waals surface area (Å²) in [7, 11) is 0. The van der Waals surface area contributed by atoms with Gasteiger partial charge in [0.15, 0.2) is 0 Å². The van der Waals surface area contributed by atoms with Gasteiger partial charge in [-0.2, -0.15) is 0 Å². The normalized spacial score (nSPS) is 22.6. The summed E-state index contributed by atoms with van der Waals surface area (Å²) in [6.45, 7) is 3.29. The van der Waals surface area contributed by atoms with Crippen molar-refractivity contribution in [3.63, 3.8) is 0 Å². The van der Waals surface area contributed by atoms with Crippen molar-refractivity contribution in [3.8, 4) is 0 Å². The summed E-state index contributed by atoms with van der Waals surface area (Å²) >= 11 is 0. The van der Waals surface area contributed by atoms with Gasteiger partial charge in [-0.3, -0.25) is 15.0 Å². The minimum absolute atomic E-state index is 0. The number of nitrogen functional groups attached to an aromatic ring is 1. The van der Waals surface area contributed by atoms with Gasteiger partial charge in [0.05, 0.1) is 19.1 Å². The monoisotopic (exact) mass is 535 g/mol. The van der Waals surface area contributed by atoms with E-state index in [2.05, 4.69) is 0 Å². The predicted octanol–water partition coefficient (Wildman–Crippen LogP) is 2.50. The predicted molar refractivity (Wildman–Crippen MR) is 141 cm³/mol. The first kappa shape index (κ1) is 28.7. The van der Waals surface area contributed by atoms with E-state index in [1.165, 1.54) is 5.56 Å². The van der Waals surface area contributed by atoms with E-state index in [1.807, 2.05) is 29.2 Å². The molecule has 1 aromatic carbocycles. The highest BCUT2D eigenvalue weighted by atomic mass is 35.5. The van der Waals surface area contributed by atoms with Crippen LogP contribution in [0.1, 0.15) is 55.6 Å². The van der Waals surface area contributed by atoms with E-state index in [9.17, 15) is 19.5 Å². The second-order valence-electron chi connectivity index (χ2n) is 10.0. The zero-order chi connectivity index (χ0) is 25.7. The van der Waals surface area contributed by atoms with Crippen LogP contribution in [0.15, 0.2) is 24.3 Å². The molecule has 3 fully saturated rings. The van der Waals surface area contributed by atoms with Crippen molar-refractivity contribution in [3.05, 3.63) is 35.4 Å². The number of piperidine rings is 1. The highest BCUT2D eigenvalue weighted by Gasteiger charge is 2.36. The van der Waals surface area contributed by atoms with Crippen molar-refractivity contribution in [1.82, 2.24) is 14.7 Å². The quantitative estimate of drug-likeness (QED) is 0.377. The van der Waals surface area contributed by atoms with Crippen molar-refractivity contribution in [2.75, 3.05) is 45.9 Å². The van der Waals surface area contributed by atoms with E-state index < -0.39 is 5.97 Å². The van der Waals surface area contributed by atoms with Crippen molar-refractivity contribution in [2.45, 2.75) is 50.5 Å². The van der Waals surface area contributed by atoms with Crippen molar-refractivity contribution >= 4 is 36.2 Å². The van der Waals surface area contributed by atoms with Gasteiger partial charge in [-0.15, -0.1) is 12.4 Å². The van der Waals surface area contributed by atoms with Gasteiger partial charge in [0.2, 0.25) is 5.91 Å². The maximum Gasteiger partial charge on any atom is 0.320 e. The molecular weight excluding hydrogens is 498 g/mol. The molecule has 0 spiro atoms. The second kappa shape index (κ2) is 13.1. The Morgan fingerprint density at radius 3 is 2.08 bits per heavy atom. The third kappa shape index (κ3) is 7.13. The van der Waals surface area contributed by atoms with Crippen LogP contribution in [0.3, 0.4) is 0 Å². The number of carbonyl (C=O) groups excluding carboxylic acids is 2. The molecule has 1 saturated carbocycles. The fourth-order valence-corrected chi connectivity index (χ4v) is 5.57. The highest BCUT2D eigenvalue weighted by molar-refractivity contribution is 5.94. The first-order valence-corrected chi connectivity index (χ1v) is 12.9. The largest absolute Gasteiger partial charge is 0.481 e. The number of hydrogen-bond donors (Lipinski definition) is 3. The third-order valence-electron chi connectivity index (χ3n) is 7.86. The Balaban J connectivity index is 0.00000380. The van der Waals surface area contributed by atoms with Gasteiger partial charge in [0.25, 0.3) is 0 Å². The van der Waals surface area contributed by atoms with Crippen LogP contribution in [0.4, 0.5) is 4.79 Å². The number of benzene rings is 1. The molecule has 37 heavy (non-hydrogen) atoms. The number of nitrogens with one attached hydrogen (secondary N) is 1. The van der Waals surface area contributed by atoms with Crippen molar-refractivity contribution in [1.29, 1.82) is 5.41 Å². The number of carboxylic acids is 1. The second-order valence-corrected chi connectivity index (χ2v) is 10.0. The third-order valence-corrected chi connectivity index (χ3v) is 7.86. The summed E-state index contributed by atoms with van der Waals surface area (Å²) in [5, 5.41) is 16.9. The molecule has 4 rings (SSSR count). The molecule has 3 amide bonds. The smallest absolute Gasteiger partial charge is 0.320 e. The molecule has 1 aromatic rings. The number of aliphatic carboxylic acids is 1. The molecular formula is C26H38ClN5O5. The maximum atomic E-state index is 13.7. The molecule has 1 aliphatic carbocycles. The summed E-state index contributed by atoms with van der Waals surface area (Å²) in [6, 6.07) is 7.49. The lowest BCUT2D eigenvalue weighted by Gasteiger charge is -2.41. The summed E-state index contributed by atoms with van der Waals surface area (Å²) in [5.74, 6) is -0.865. The van der Waals surface area contributed by atoms with Crippen molar-refractivity contribution in [2.24, 2.45) is 11.7 Å². The average Bonchev–Trinajstić information content (AvgIpc) is 2.92. The molecule has 4 N–H and O–H groups in total. The number of urea groups is 1. The number of amidine groups is 1. The molecule has 2 aliphatic heterocycles. The number of ether oxygens (including phenoxy) is 1. The maximum absolute atomic E-state index is 13.7. The van der Waals surface area contributed by atoms with Gasteiger partial charge >= 0.3 is 12.0 Å². The Bertz CT molecular complexity index is 953. The first-order valence-electron chi connectivity index (χ1n) is 12.9. The average molecular weight is 536 g/mol. The van der Waals surface area contributed by atoms with Gasteiger partial charge < -0.3 is 30.3 Å². The molecule has 0 bridgehead atoms. The molecule has 0 unspecified atom stereocenters. The number of morpholine rings is 1. The Labute approximate surface area is 224 Å². The van der Waals surface area contributed by atoms with Gasteiger partial charge in [-0.05, 0) is 50.0 Å². The number of halogens is 1.